The van der Waals surface area contributed by atoms with E-state index in [2.05, 4.69) is 73.2 Å². The highest BCUT2D eigenvalue weighted by Gasteiger charge is 2.21. The number of aryl methyl sites for hydroxylation is 3. The van der Waals surface area contributed by atoms with Crippen molar-refractivity contribution in [2.24, 2.45) is 0 Å². The largest absolute Gasteiger partial charge is 0.306 e. The van der Waals surface area contributed by atoms with Crippen molar-refractivity contribution < 1.29 is 0 Å². The van der Waals surface area contributed by atoms with Crippen molar-refractivity contribution in [1.29, 1.82) is 0 Å². The maximum absolute atomic E-state index is 3.73. The van der Waals surface area contributed by atoms with Crippen LogP contribution in [0.2, 0.25) is 0 Å². The molecular formula is C17H22BrNS. The van der Waals surface area contributed by atoms with E-state index in [1.807, 2.05) is 11.3 Å². The van der Waals surface area contributed by atoms with Gasteiger partial charge < -0.3 is 5.32 Å². The molecule has 0 radical (unpaired) electrons. The molecule has 1 aromatic heterocycles. The molecule has 1 heterocycles. The first-order chi connectivity index (χ1) is 9.54. The fourth-order valence-corrected chi connectivity index (χ4v) is 4.56. The Labute approximate surface area is 134 Å². The minimum atomic E-state index is 0.282. The zero-order valence-corrected chi connectivity index (χ0v) is 15.0. The van der Waals surface area contributed by atoms with Crippen LogP contribution in [0.4, 0.5) is 0 Å². The highest BCUT2D eigenvalue weighted by atomic mass is 79.9. The fourth-order valence-electron chi connectivity index (χ4n) is 2.60. The summed E-state index contributed by atoms with van der Waals surface area (Å²) >= 11 is 5.60. The third-order valence-electron chi connectivity index (χ3n) is 3.53. The third-order valence-corrected chi connectivity index (χ3v) is 5.56. The summed E-state index contributed by atoms with van der Waals surface area (Å²) in [5.74, 6) is 0. The number of hydrogen-bond acceptors (Lipinski definition) is 2. The van der Waals surface area contributed by atoms with E-state index < -0.39 is 0 Å². The van der Waals surface area contributed by atoms with Crippen LogP contribution in [-0.4, -0.2) is 6.54 Å². The van der Waals surface area contributed by atoms with Crippen LogP contribution >= 0.6 is 27.3 Å². The molecule has 1 N–H and O–H groups in total. The Balaban J connectivity index is 2.50. The molecule has 3 heteroatoms. The van der Waals surface area contributed by atoms with Crippen LogP contribution in [0.3, 0.4) is 0 Å². The molecule has 2 rings (SSSR count). The lowest BCUT2D eigenvalue weighted by atomic mass is 9.95. The topological polar surface area (TPSA) is 12.0 Å². The molecule has 0 saturated heterocycles. The average Bonchev–Trinajstić information content (AvgIpc) is 2.72. The molecule has 1 aromatic carbocycles. The molecule has 0 amide bonds. The van der Waals surface area contributed by atoms with E-state index in [1.165, 1.54) is 30.9 Å². The predicted octanol–water partition coefficient (Wildman–Crippen LogP) is 5.52. The molecule has 0 saturated carbocycles. The second kappa shape index (κ2) is 6.88. The van der Waals surface area contributed by atoms with Gasteiger partial charge in [0.1, 0.15) is 0 Å². The smallest absolute Gasteiger partial charge is 0.0687 e. The van der Waals surface area contributed by atoms with Gasteiger partial charge in [0.15, 0.2) is 0 Å². The Morgan fingerprint density at radius 2 is 1.85 bits per heavy atom. The van der Waals surface area contributed by atoms with Gasteiger partial charge in [-0.3, -0.25) is 0 Å². The number of benzene rings is 1. The normalized spacial score (nSPS) is 12.7. The minimum Gasteiger partial charge on any atom is -0.306 e. The molecular weight excluding hydrogens is 330 g/mol. The number of hydrogen-bond donors (Lipinski definition) is 1. The molecule has 0 aliphatic heterocycles. The molecule has 0 bridgehead atoms. The van der Waals surface area contributed by atoms with Gasteiger partial charge in [-0.1, -0.05) is 25.1 Å². The van der Waals surface area contributed by atoms with Crippen LogP contribution in [-0.2, 0) is 0 Å². The van der Waals surface area contributed by atoms with E-state index in [0.29, 0.717) is 0 Å². The predicted molar refractivity (Wildman–Crippen MR) is 92.8 cm³/mol. The summed E-state index contributed by atoms with van der Waals surface area (Å²) < 4.78 is 1.22. The van der Waals surface area contributed by atoms with E-state index in [4.69, 9.17) is 0 Å². The Hall–Kier alpha value is -0.640. The summed E-state index contributed by atoms with van der Waals surface area (Å²) in [5, 5.41) is 3.72. The van der Waals surface area contributed by atoms with Gasteiger partial charge in [0, 0.05) is 14.2 Å². The van der Waals surface area contributed by atoms with Crippen LogP contribution in [0, 0.1) is 20.8 Å². The molecule has 0 aliphatic carbocycles. The van der Waals surface area contributed by atoms with Crippen LogP contribution in [0.25, 0.3) is 0 Å². The molecule has 108 valence electrons. The summed E-state index contributed by atoms with van der Waals surface area (Å²) in [4.78, 5) is 2.73. The first-order valence-corrected chi connectivity index (χ1v) is 8.70. The molecule has 2 aromatic rings. The maximum Gasteiger partial charge on any atom is 0.0687 e. The maximum atomic E-state index is 3.73. The Morgan fingerprint density at radius 1 is 1.20 bits per heavy atom. The molecule has 20 heavy (non-hydrogen) atoms. The van der Waals surface area contributed by atoms with Crippen molar-refractivity contribution >= 4 is 27.3 Å². The molecule has 0 fully saturated rings. The van der Waals surface area contributed by atoms with Crippen molar-refractivity contribution in [2.45, 2.75) is 40.2 Å². The summed E-state index contributed by atoms with van der Waals surface area (Å²) in [6, 6.07) is 9.05. The van der Waals surface area contributed by atoms with E-state index in [0.717, 1.165) is 13.0 Å². The van der Waals surface area contributed by atoms with Gasteiger partial charge in [-0.2, -0.15) is 0 Å². The van der Waals surface area contributed by atoms with Crippen molar-refractivity contribution in [3.05, 3.63) is 55.2 Å². The molecule has 1 nitrogen and oxygen atoms in total. The number of rotatable bonds is 5. The standard InChI is InChI=1S/C17H22BrNS/c1-5-9-19-16(17-14(18)10-13(4)20-17)15-11(2)7-6-8-12(15)3/h6-8,10,16,19H,5,9H2,1-4H3. The van der Waals surface area contributed by atoms with E-state index >= 15 is 0 Å². The second-order valence-corrected chi connectivity index (χ2v) is 7.40. The molecule has 0 aliphatic rings. The van der Waals surface area contributed by atoms with Gasteiger partial charge in [0.05, 0.1) is 6.04 Å². The van der Waals surface area contributed by atoms with E-state index in [-0.39, 0.29) is 6.04 Å². The van der Waals surface area contributed by atoms with Crippen molar-refractivity contribution in [3.8, 4) is 0 Å². The summed E-state index contributed by atoms with van der Waals surface area (Å²) in [6.45, 7) is 9.82. The quantitative estimate of drug-likeness (QED) is 0.747. The van der Waals surface area contributed by atoms with Crippen LogP contribution < -0.4 is 5.32 Å². The first-order valence-electron chi connectivity index (χ1n) is 7.10. The van der Waals surface area contributed by atoms with Gasteiger partial charge in [0.25, 0.3) is 0 Å². The monoisotopic (exact) mass is 351 g/mol. The SMILES string of the molecule is CCCNC(c1sc(C)cc1Br)c1c(C)cccc1C. The molecule has 0 spiro atoms. The Morgan fingerprint density at radius 3 is 2.35 bits per heavy atom. The van der Waals surface area contributed by atoms with E-state index in [9.17, 15) is 0 Å². The summed E-state index contributed by atoms with van der Waals surface area (Å²) in [5.41, 5.74) is 4.14. The van der Waals surface area contributed by atoms with Gasteiger partial charge in [-0.25, -0.2) is 0 Å². The highest BCUT2D eigenvalue weighted by molar-refractivity contribution is 9.10. The number of thiophene rings is 1. The van der Waals surface area contributed by atoms with Crippen molar-refractivity contribution in [1.82, 2.24) is 5.32 Å². The number of halogens is 1. The summed E-state index contributed by atoms with van der Waals surface area (Å²) in [6.07, 6.45) is 1.14. The Kier molecular flexibility index (Phi) is 5.42. The molecule has 1 atom stereocenters. The van der Waals surface area contributed by atoms with Crippen molar-refractivity contribution in [2.75, 3.05) is 6.54 Å². The van der Waals surface area contributed by atoms with Gasteiger partial charge in [0.2, 0.25) is 0 Å². The third kappa shape index (κ3) is 3.33. The van der Waals surface area contributed by atoms with Crippen molar-refractivity contribution in [3.63, 3.8) is 0 Å². The first kappa shape index (κ1) is 15.7. The lowest BCUT2D eigenvalue weighted by Gasteiger charge is -2.22. The van der Waals surface area contributed by atoms with Crippen LogP contribution in [0.1, 0.15) is 45.8 Å². The molecule has 1 unspecified atom stereocenters. The average molecular weight is 352 g/mol. The lowest BCUT2D eigenvalue weighted by molar-refractivity contribution is 0.600. The van der Waals surface area contributed by atoms with Gasteiger partial charge in [-0.15, -0.1) is 11.3 Å². The highest BCUT2D eigenvalue weighted by Crippen LogP contribution is 2.37. The van der Waals surface area contributed by atoms with E-state index in [1.54, 1.807) is 0 Å². The minimum absolute atomic E-state index is 0.282. The van der Waals surface area contributed by atoms with Crippen LogP contribution in [0.15, 0.2) is 28.7 Å². The Bertz CT molecular complexity index is 568. The number of nitrogens with one attached hydrogen (secondary N) is 1. The summed E-state index contributed by atoms with van der Waals surface area (Å²) in [7, 11) is 0. The van der Waals surface area contributed by atoms with Gasteiger partial charge >= 0.3 is 0 Å². The zero-order chi connectivity index (χ0) is 14.7. The van der Waals surface area contributed by atoms with Crippen LogP contribution in [0.5, 0.6) is 0 Å². The second-order valence-electron chi connectivity index (χ2n) is 5.26. The lowest BCUT2D eigenvalue weighted by Crippen LogP contribution is -2.24. The zero-order valence-electron chi connectivity index (χ0n) is 12.6. The van der Waals surface area contributed by atoms with Gasteiger partial charge in [-0.05, 0) is 72.4 Å². The fraction of sp³-hybridized carbons (Fsp3) is 0.412.